The van der Waals surface area contributed by atoms with E-state index >= 15 is 0 Å². The molecule has 84 valence electrons. The van der Waals surface area contributed by atoms with Gasteiger partial charge >= 0.3 is 0 Å². The van der Waals surface area contributed by atoms with E-state index in [4.69, 9.17) is 11.6 Å². The summed E-state index contributed by atoms with van der Waals surface area (Å²) >= 11 is 5.63. The number of aromatic nitrogens is 4. The van der Waals surface area contributed by atoms with Gasteiger partial charge < -0.3 is 10.3 Å². The molecule has 0 saturated carbocycles. The smallest absolute Gasteiger partial charge is 0.151 e. The first-order valence-electron chi connectivity index (χ1n) is 5.06. The van der Waals surface area contributed by atoms with Crippen molar-refractivity contribution in [3.05, 3.63) is 35.5 Å². The van der Waals surface area contributed by atoms with Gasteiger partial charge in [-0.1, -0.05) is 11.6 Å². The minimum atomic E-state index is 0.404. The van der Waals surface area contributed by atoms with Gasteiger partial charge in [0.15, 0.2) is 5.15 Å². The number of anilines is 1. The van der Waals surface area contributed by atoms with E-state index in [-0.39, 0.29) is 0 Å². The normalized spacial score (nSPS) is 10.3. The maximum Gasteiger partial charge on any atom is 0.151 e. The zero-order valence-corrected chi connectivity index (χ0v) is 9.41. The van der Waals surface area contributed by atoms with E-state index in [1.807, 2.05) is 12.3 Å². The average Bonchev–Trinajstić information content (AvgIpc) is 2.80. The van der Waals surface area contributed by atoms with Crippen LogP contribution in [0.4, 0.5) is 5.82 Å². The van der Waals surface area contributed by atoms with Crippen LogP contribution in [0.15, 0.2) is 24.5 Å². The Bertz CT molecular complexity index is 411. The van der Waals surface area contributed by atoms with E-state index < -0.39 is 0 Å². The van der Waals surface area contributed by atoms with Gasteiger partial charge in [-0.15, -0.1) is 10.2 Å². The fraction of sp³-hybridized carbons (Fsp3) is 0.300. The molecular weight excluding hydrogens is 226 g/mol. The third-order valence-electron chi connectivity index (χ3n) is 2.08. The lowest BCUT2D eigenvalue weighted by molar-refractivity contribution is 0.811. The molecule has 0 fully saturated rings. The van der Waals surface area contributed by atoms with Gasteiger partial charge in [-0.2, -0.15) is 0 Å². The highest BCUT2D eigenvalue weighted by molar-refractivity contribution is 6.29. The first-order chi connectivity index (χ1) is 7.84. The number of rotatable bonds is 5. The van der Waals surface area contributed by atoms with Gasteiger partial charge in [0.2, 0.25) is 0 Å². The summed E-state index contributed by atoms with van der Waals surface area (Å²) in [6, 6.07) is 3.52. The van der Waals surface area contributed by atoms with Crippen LogP contribution in [-0.2, 0) is 6.42 Å². The fourth-order valence-corrected chi connectivity index (χ4v) is 1.42. The van der Waals surface area contributed by atoms with Gasteiger partial charge in [0.25, 0.3) is 0 Å². The minimum absolute atomic E-state index is 0.404. The van der Waals surface area contributed by atoms with Crippen molar-refractivity contribution in [3.63, 3.8) is 0 Å². The number of hydrogen-bond donors (Lipinski definition) is 2. The second kappa shape index (κ2) is 5.46. The molecule has 5 nitrogen and oxygen atoms in total. The third-order valence-corrected chi connectivity index (χ3v) is 2.28. The Morgan fingerprint density at radius 1 is 1.31 bits per heavy atom. The molecule has 0 radical (unpaired) electrons. The molecule has 2 rings (SSSR count). The summed E-state index contributed by atoms with van der Waals surface area (Å²) in [7, 11) is 0. The number of nitrogens with one attached hydrogen (secondary N) is 2. The topological polar surface area (TPSA) is 66.5 Å². The number of aromatic amines is 1. The highest BCUT2D eigenvalue weighted by atomic mass is 35.5. The quantitative estimate of drug-likeness (QED) is 0.780. The molecule has 0 amide bonds. The van der Waals surface area contributed by atoms with Crippen molar-refractivity contribution in [1.82, 2.24) is 20.2 Å². The Morgan fingerprint density at radius 3 is 2.94 bits per heavy atom. The highest BCUT2D eigenvalue weighted by Crippen LogP contribution is 2.06. The Morgan fingerprint density at radius 2 is 2.25 bits per heavy atom. The molecule has 0 spiro atoms. The predicted octanol–water partition coefficient (Wildman–Crippen LogP) is 1.90. The SMILES string of the molecule is Clc1ccc(NCCCc2ncc[nH]2)nn1. The van der Waals surface area contributed by atoms with Gasteiger partial charge in [0, 0.05) is 25.4 Å². The lowest BCUT2D eigenvalue weighted by atomic mass is 10.3. The molecular formula is C10H12ClN5. The van der Waals surface area contributed by atoms with Crippen LogP contribution in [0.5, 0.6) is 0 Å². The number of nitrogens with zero attached hydrogens (tertiary/aromatic N) is 3. The van der Waals surface area contributed by atoms with Crippen molar-refractivity contribution in [2.24, 2.45) is 0 Å². The van der Waals surface area contributed by atoms with Gasteiger partial charge in [0.1, 0.15) is 11.6 Å². The van der Waals surface area contributed by atoms with Gasteiger partial charge in [-0.05, 0) is 18.6 Å². The monoisotopic (exact) mass is 237 g/mol. The van der Waals surface area contributed by atoms with Crippen LogP contribution in [0.2, 0.25) is 5.15 Å². The van der Waals surface area contributed by atoms with Crippen LogP contribution in [-0.4, -0.2) is 26.7 Å². The Labute approximate surface area is 98.3 Å². The summed E-state index contributed by atoms with van der Waals surface area (Å²) in [5, 5.41) is 11.2. The lowest BCUT2D eigenvalue weighted by Crippen LogP contribution is -2.05. The minimum Gasteiger partial charge on any atom is -0.369 e. The molecule has 0 atom stereocenters. The summed E-state index contributed by atoms with van der Waals surface area (Å²) in [5.41, 5.74) is 0. The van der Waals surface area contributed by atoms with Gasteiger partial charge in [-0.3, -0.25) is 0 Å². The molecule has 0 saturated heterocycles. The Kier molecular flexibility index (Phi) is 3.71. The molecule has 6 heteroatoms. The maximum atomic E-state index is 5.63. The van der Waals surface area contributed by atoms with E-state index in [0.717, 1.165) is 31.0 Å². The number of aryl methyl sites for hydroxylation is 1. The molecule has 0 aromatic carbocycles. The largest absolute Gasteiger partial charge is 0.369 e. The van der Waals surface area contributed by atoms with E-state index in [1.165, 1.54) is 0 Å². The first-order valence-corrected chi connectivity index (χ1v) is 5.44. The van der Waals surface area contributed by atoms with E-state index in [2.05, 4.69) is 25.5 Å². The van der Waals surface area contributed by atoms with Crippen molar-refractivity contribution in [2.45, 2.75) is 12.8 Å². The van der Waals surface area contributed by atoms with Gasteiger partial charge in [0.05, 0.1) is 0 Å². The van der Waals surface area contributed by atoms with Crippen LogP contribution in [0.3, 0.4) is 0 Å². The molecule has 0 aliphatic heterocycles. The summed E-state index contributed by atoms with van der Waals surface area (Å²) in [5.74, 6) is 1.74. The zero-order valence-electron chi connectivity index (χ0n) is 8.65. The second-order valence-corrected chi connectivity index (χ2v) is 3.69. The standard InChI is InChI=1S/C10H12ClN5/c11-8-3-4-10(16-15-8)12-5-1-2-9-13-6-7-14-9/h3-4,6-7H,1-2,5H2,(H,12,16)(H,13,14). The Balaban J connectivity index is 1.70. The van der Waals surface area contributed by atoms with Crippen molar-refractivity contribution in [3.8, 4) is 0 Å². The molecule has 2 heterocycles. The molecule has 0 unspecified atom stereocenters. The lowest BCUT2D eigenvalue weighted by Gasteiger charge is -2.03. The van der Waals surface area contributed by atoms with Crippen LogP contribution in [0.25, 0.3) is 0 Å². The fourth-order valence-electron chi connectivity index (χ4n) is 1.32. The van der Waals surface area contributed by atoms with Crippen LogP contribution >= 0.6 is 11.6 Å². The predicted molar refractivity (Wildman–Crippen MR) is 62.4 cm³/mol. The Hall–Kier alpha value is -1.62. The molecule has 0 aliphatic carbocycles. The first kappa shape index (κ1) is 10.9. The van der Waals surface area contributed by atoms with E-state index in [9.17, 15) is 0 Å². The molecule has 2 N–H and O–H groups in total. The second-order valence-electron chi connectivity index (χ2n) is 3.31. The number of hydrogen-bond acceptors (Lipinski definition) is 4. The van der Waals surface area contributed by atoms with Crippen molar-refractivity contribution in [2.75, 3.05) is 11.9 Å². The molecule has 16 heavy (non-hydrogen) atoms. The van der Waals surface area contributed by atoms with Crippen molar-refractivity contribution < 1.29 is 0 Å². The van der Waals surface area contributed by atoms with Crippen molar-refractivity contribution >= 4 is 17.4 Å². The molecule has 0 bridgehead atoms. The van der Waals surface area contributed by atoms with Crippen LogP contribution in [0.1, 0.15) is 12.2 Å². The van der Waals surface area contributed by atoms with Gasteiger partial charge in [-0.25, -0.2) is 4.98 Å². The zero-order chi connectivity index (χ0) is 11.2. The third kappa shape index (κ3) is 3.20. The van der Waals surface area contributed by atoms with E-state index in [0.29, 0.717) is 5.15 Å². The number of H-pyrrole nitrogens is 1. The summed E-state index contributed by atoms with van der Waals surface area (Å²) < 4.78 is 0. The highest BCUT2D eigenvalue weighted by Gasteiger charge is 1.96. The summed E-state index contributed by atoms with van der Waals surface area (Å²) in [6.07, 6.45) is 5.49. The van der Waals surface area contributed by atoms with Crippen LogP contribution in [0, 0.1) is 0 Å². The summed E-state index contributed by atoms with van der Waals surface area (Å²) in [6.45, 7) is 0.830. The summed E-state index contributed by atoms with van der Waals surface area (Å²) in [4.78, 5) is 7.20. The number of halogens is 1. The molecule has 2 aromatic rings. The maximum absolute atomic E-state index is 5.63. The average molecular weight is 238 g/mol. The molecule has 2 aromatic heterocycles. The molecule has 0 aliphatic rings. The van der Waals surface area contributed by atoms with E-state index in [1.54, 1.807) is 12.3 Å². The number of imidazole rings is 1. The van der Waals surface area contributed by atoms with Crippen molar-refractivity contribution in [1.29, 1.82) is 0 Å². The van der Waals surface area contributed by atoms with Crippen LogP contribution < -0.4 is 5.32 Å².